The molecule has 36 heavy (non-hydrogen) atoms. The quantitative estimate of drug-likeness (QED) is 0.317. The lowest BCUT2D eigenvalue weighted by Crippen LogP contribution is -2.42. The predicted octanol–water partition coefficient (Wildman–Crippen LogP) is 3.07. The fourth-order valence-corrected chi connectivity index (χ4v) is 5.54. The zero-order valence-corrected chi connectivity index (χ0v) is 21.5. The van der Waals surface area contributed by atoms with Crippen LogP contribution in [0.5, 0.6) is 0 Å². The molecule has 0 unspecified atom stereocenters. The van der Waals surface area contributed by atoms with Crippen LogP contribution in [0.2, 0.25) is 0 Å². The first-order valence-corrected chi connectivity index (χ1v) is 13.5. The van der Waals surface area contributed by atoms with Crippen LogP contribution in [0.4, 0.5) is 5.82 Å². The Labute approximate surface area is 214 Å². The van der Waals surface area contributed by atoms with Crippen molar-refractivity contribution in [3.05, 3.63) is 84.1 Å². The van der Waals surface area contributed by atoms with Crippen LogP contribution in [0.3, 0.4) is 0 Å². The number of hydrogen-bond acceptors (Lipinski definition) is 9. The van der Waals surface area contributed by atoms with Gasteiger partial charge in [-0.05, 0) is 35.9 Å². The summed E-state index contributed by atoms with van der Waals surface area (Å²) in [5.41, 5.74) is 1.30. The van der Waals surface area contributed by atoms with E-state index in [4.69, 9.17) is 0 Å². The van der Waals surface area contributed by atoms with E-state index in [1.165, 1.54) is 28.5 Å². The predicted molar refractivity (Wildman–Crippen MR) is 139 cm³/mol. The number of amides is 1. The Bertz CT molecular complexity index is 1400. The number of pyridine rings is 2. The smallest absolute Gasteiger partial charge is 0.241 e. The molecule has 9 nitrogen and oxygen atoms in total. The normalized spacial score (nSPS) is 11.3. The van der Waals surface area contributed by atoms with Crippen molar-refractivity contribution in [1.82, 2.24) is 25.2 Å². The Morgan fingerprint density at radius 3 is 2.39 bits per heavy atom. The highest BCUT2D eigenvalue weighted by Gasteiger charge is 2.24. The van der Waals surface area contributed by atoms with Crippen LogP contribution in [0.25, 0.3) is 10.6 Å². The summed E-state index contributed by atoms with van der Waals surface area (Å²) >= 11 is 1.44. The van der Waals surface area contributed by atoms with E-state index in [2.05, 4.69) is 20.3 Å². The first kappa shape index (κ1) is 25.4. The summed E-state index contributed by atoms with van der Waals surface area (Å²) in [7, 11) is -0.478. The fraction of sp³-hybridized carbons (Fsp3) is 0.200. The minimum Gasteiger partial charge on any atom is -0.347 e. The van der Waals surface area contributed by atoms with Gasteiger partial charge in [0.25, 0.3) is 0 Å². The van der Waals surface area contributed by atoms with Crippen LogP contribution >= 0.6 is 11.3 Å². The number of thiazole rings is 1. The van der Waals surface area contributed by atoms with Gasteiger partial charge in [-0.3, -0.25) is 10.1 Å². The summed E-state index contributed by atoms with van der Waals surface area (Å²) in [5.74, 6) is 0.564. The molecule has 0 atom stereocenters. The van der Waals surface area contributed by atoms with E-state index < -0.39 is 9.84 Å². The van der Waals surface area contributed by atoms with Crippen molar-refractivity contribution in [3.8, 4) is 10.6 Å². The molecular weight excluding hydrogens is 496 g/mol. The van der Waals surface area contributed by atoms with E-state index in [9.17, 15) is 13.2 Å². The van der Waals surface area contributed by atoms with E-state index in [-0.39, 0.29) is 35.6 Å². The van der Waals surface area contributed by atoms with E-state index in [0.29, 0.717) is 11.4 Å². The van der Waals surface area contributed by atoms with Crippen molar-refractivity contribution in [1.29, 1.82) is 0 Å². The van der Waals surface area contributed by atoms with Gasteiger partial charge in [0.05, 0.1) is 18.1 Å². The third kappa shape index (κ3) is 5.93. The molecule has 1 aromatic carbocycles. The highest BCUT2D eigenvalue weighted by Crippen LogP contribution is 2.30. The molecule has 0 aliphatic carbocycles. The number of hydrogen-bond donors (Lipinski definition) is 1. The second kappa shape index (κ2) is 11.4. The van der Waals surface area contributed by atoms with Crippen molar-refractivity contribution in [3.63, 3.8) is 0 Å². The van der Waals surface area contributed by atoms with Gasteiger partial charge in [0.2, 0.25) is 15.7 Å². The van der Waals surface area contributed by atoms with Crippen LogP contribution in [0.15, 0.2) is 88.5 Å². The lowest BCUT2D eigenvalue weighted by Gasteiger charge is -2.25. The first-order chi connectivity index (χ1) is 17.4. The summed E-state index contributed by atoms with van der Waals surface area (Å²) in [5, 5.41) is 5.84. The van der Waals surface area contributed by atoms with E-state index in [1.54, 1.807) is 55.7 Å². The largest absolute Gasteiger partial charge is 0.347 e. The molecule has 1 amide bonds. The Balaban J connectivity index is 1.61. The third-order valence-electron chi connectivity index (χ3n) is 5.37. The van der Waals surface area contributed by atoms with Crippen LogP contribution in [-0.4, -0.2) is 61.5 Å². The number of rotatable bonds is 10. The molecule has 3 aromatic heterocycles. The van der Waals surface area contributed by atoms with Gasteiger partial charge < -0.3 is 9.80 Å². The standard InChI is InChI=1S/C25H26N6O3S2/c1-30(2)24(32)17-31(22-7-3-5-11-27-22)18-26-16-20-10-9-19(25-29-13-14-35-25)15-21(20)36(33,34)23-8-4-6-12-28-23/h3-15,26H,16-18H2,1-2H3. The van der Waals surface area contributed by atoms with Gasteiger partial charge in [0, 0.05) is 50.2 Å². The molecule has 4 aromatic rings. The topological polar surface area (TPSA) is 108 Å². The maximum absolute atomic E-state index is 13.5. The van der Waals surface area contributed by atoms with Crippen LogP contribution in [-0.2, 0) is 21.2 Å². The number of carbonyl (C=O) groups excluding carboxylic acids is 1. The lowest BCUT2D eigenvalue weighted by molar-refractivity contribution is -0.127. The monoisotopic (exact) mass is 522 g/mol. The Morgan fingerprint density at radius 2 is 1.75 bits per heavy atom. The second-order valence-electron chi connectivity index (χ2n) is 8.09. The molecule has 1 N–H and O–H groups in total. The van der Waals surface area contributed by atoms with Gasteiger partial charge in [-0.15, -0.1) is 11.3 Å². The Kier molecular flexibility index (Phi) is 8.04. The second-order valence-corrected chi connectivity index (χ2v) is 10.8. The maximum Gasteiger partial charge on any atom is 0.241 e. The van der Waals surface area contributed by atoms with Crippen molar-refractivity contribution in [2.45, 2.75) is 16.5 Å². The summed E-state index contributed by atoms with van der Waals surface area (Å²) in [6.45, 7) is 0.659. The van der Waals surface area contributed by atoms with Gasteiger partial charge in [-0.25, -0.2) is 23.4 Å². The van der Waals surface area contributed by atoms with Gasteiger partial charge in [-0.1, -0.05) is 24.3 Å². The number of aromatic nitrogens is 3. The number of carbonyl (C=O) groups is 1. The maximum atomic E-state index is 13.5. The molecule has 0 spiro atoms. The van der Waals surface area contributed by atoms with Crippen molar-refractivity contribution in [2.75, 3.05) is 32.2 Å². The molecule has 0 aliphatic heterocycles. The highest BCUT2D eigenvalue weighted by molar-refractivity contribution is 7.91. The molecule has 0 radical (unpaired) electrons. The summed E-state index contributed by atoms with van der Waals surface area (Å²) < 4.78 is 27.1. The summed E-state index contributed by atoms with van der Waals surface area (Å²) in [4.78, 5) is 28.6. The molecule has 0 bridgehead atoms. The van der Waals surface area contributed by atoms with Crippen LogP contribution in [0.1, 0.15) is 5.56 Å². The van der Waals surface area contributed by atoms with Crippen LogP contribution in [0, 0.1) is 0 Å². The number of benzene rings is 1. The molecule has 4 rings (SSSR count). The molecule has 3 heterocycles. The highest BCUT2D eigenvalue weighted by atomic mass is 32.2. The third-order valence-corrected chi connectivity index (χ3v) is 7.94. The summed E-state index contributed by atoms with van der Waals surface area (Å²) in [6, 6.07) is 15.6. The molecule has 0 saturated carbocycles. The van der Waals surface area contributed by atoms with E-state index >= 15 is 0 Å². The van der Waals surface area contributed by atoms with Crippen molar-refractivity contribution in [2.24, 2.45) is 0 Å². The van der Waals surface area contributed by atoms with E-state index in [1.807, 2.05) is 29.6 Å². The Hall–Kier alpha value is -3.67. The lowest BCUT2D eigenvalue weighted by atomic mass is 10.1. The molecule has 0 aliphatic rings. The number of likely N-dealkylation sites (N-methyl/N-ethyl adjacent to an activating group) is 1. The number of sulfone groups is 1. The van der Waals surface area contributed by atoms with Crippen molar-refractivity contribution < 1.29 is 13.2 Å². The zero-order valence-electron chi connectivity index (χ0n) is 19.9. The number of nitrogens with one attached hydrogen (secondary N) is 1. The average Bonchev–Trinajstić information content (AvgIpc) is 3.44. The van der Waals surface area contributed by atoms with E-state index in [0.717, 1.165) is 10.6 Å². The van der Waals surface area contributed by atoms with Gasteiger partial charge in [0.15, 0.2) is 5.03 Å². The van der Waals surface area contributed by atoms with Gasteiger partial charge in [-0.2, -0.15) is 0 Å². The number of anilines is 1. The van der Waals surface area contributed by atoms with Gasteiger partial charge >= 0.3 is 0 Å². The SMILES string of the molecule is CN(C)C(=O)CN(CNCc1ccc(-c2nccs2)cc1S(=O)(=O)c1ccccn1)c1ccccn1. The minimum absolute atomic E-state index is 0.0192. The minimum atomic E-state index is -3.88. The molecule has 0 saturated heterocycles. The number of nitrogens with zero attached hydrogens (tertiary/aromatic N) is 5. The molecule has 0 fully saturated rings. The van der Waals surface area contributed by atoms with Crippen molar-refractivity contribution >= 4 is 32.9 Å². The first-order valence-electron chi connectivity index (χ1n) is 11.1. The zero-order chi connectivity index (χ0) is 25.5. The fourth-order valence-electron chi connectivity index (χ4n) is 3.46. The molecular formula is C25H26N6O3S2. The molecule has 186 valence electrons. The Morgan fingerprint density at radius 1 is 0.972 bits per heavy atom. The average molecular weight is 523 g/mol. The van der Waals surface area contributed by atoms with Gasteiger partial charge in [0.1, 0.15) is 10.8 Å². The summed E-state index contributed by atoms with van der Waals surface area (Å²) in [6.07, 6.45) is 4.81. The molecule has 11 heteroatoms. The van der Waals surface area contributed by atoms with Crippen LogP contribution < -0.4 is 10.2 Å².